The van der Waals surface area contributed by atoms with E-state index >= 15 is 0 Å². The molecule has 4 nitrogen and oxygen atoms in total. The Balaban J connectivity index is 2.46. The zero-order valence-corrected chi connectivity index (χ0v) is 6.87. The van der Waals surface area contributed by atoms with Crippen LogP contribution in [0.1, 0.15) is 11.4 Å². The molecule has 0 spiro atoms. The van der Waals surface area contributed by atoms with Crippen LogP contribution in [-0.2, 0) is 13.0 Å². The Bertz CT molecular complexity index is 348. The van der Waals surface area contributed by atoms with Gasteiger partial charge in [-0.2, -0.15) is 5.26 Å². The number of aromatic nitrogens is 2. The first-order valence-corrected chi connectivity index (χ1v) is 3.88. The monoisotopic (exact) mass is 163 g/mol. The summed E-state index contributed by atoms with van der Waals surface area (Å²) in [6.07, 6.45) is 0.419. The van der Waals surface area contributed by atoms with Crippen LogP contribution in [0.3, 0.4) is 0 Å². The Morgan fingerprint density at radius 3 is 3.33 bits per heavy atom. The predicted molar refractivity (Wildman–Crippen MR) is 41.8 cm³/mol. The number of ether oxygens (including phenoxy) is 1. The van der Waals surface area contributed by atoms with E-state index in [-0.39, 0.29) is 0 Å². The van der Waals surface area contributed by atoms with Crippen LogP contribution in [0.25, 0.3) is 0 Å². The van der Waals surface area contributed by atoms with E-state index in [2.05, 4.69) is 11.1 Å². The molecule has 2 rings (SSSR count). The molecule has 0 fully saturated rings. The van der Waals surface area contributed by atoms with Crippen LogP contribution in [0.5, 0.6) is 6.01 Å². The molecule has 0 atom stereocenters. The van der Waals surface area contributed by atoms with Gasteiger partial charge in [0.15, 0.2) is 0 Å². The van der Waals surface area contributed by atoms with Gasteiger partial charge in [0.2, 0.25) is 0 Å². The molecule has 0 radical (unpaired) electrons. The minimum atomic E-state index is 0.419. The lowest BCUT2D eigenvalue weighted by atomic mass is 10.3. The molecule has 4 heteroatoms. The van der Waals surface area contributed by atoms with Gasteiger partial charge in [0.1, 0.15) is 6.61 Å². The summed E-state index contributed by atoms with van der Waals surface area (Å²) in [4.78, 5) is 4.20. The summed E-state index contributed by atoms with van der Waals surface area (Å²) in [5.74, 6) is 0. The normalized spacial score (nSPS) is 13.7. The van der Waals surface area contributed by atoms with E-state index in [9.17, 15) is 0 Å². The van der Waals surface area contributed by atoms with Gasteiger partial charge in [0.25, 0.3) is 6.01 Å². The second-order valence-electron chi connectivity index (χ2n) is 2.76. The molecule has 0 saturated heterocycles. The van der Waals surface area contributed by atoms with E-state index in [1.807, 2.05) is 11.5 Å². The third kappa shape index (κ3) is 0.866. The third-order valence-corrected chi connectivity index (χ3v) is 2.03. The van der Waals surface area contributed by atoms with Crippen LogP contribution in [-0.4, -0.2) is 16.2 Å². The van der Waals surface area contributed by atoms with Crippen molar-refractivity contribution in [2.24, 2.45) is 0 Å². The first-order valence-electron chi connectivity index (χ1n) is 3.88. The van der Waals surface area contributed by atoms with Gasteiger partial charge in [-0.05, 0) is 6.92 Å². The van der Waals surface area contributed by atoms with Gasteiger partial charge in [-0.1, -0.05) is 0 Å². The highest BCUT2D eigenvalue weighted by Gasteiger charge is 2.19. The molecule has 0 aromatic carbocycles. The Morgan fingerprint density at radius 2 is 2.58 bits per heavy atom. The maximum atomic E-state index is 8.56. The maximum Gasteiger partial charge on any atom is 0.296 e. The smallest absolute Gasteiger partial charge is 0.296 e. The first-order chi connectivity index (χ1) is 5.83. The average molecular weight is 163 g/mol. The molecule has 0 aliphatic carbocycles. The molecule has 0 N–H and O–H groups in total. The van der Waals surface area contributed by atoms with Crippen LogP contribution in [0.15, 0.2) is 0 Å². The molecule has 1 aromatic heterocycles. The van der Waals surface area contributed by atoms with E-state index in [0.717, 1.165) is 17.9 Å². The first kappa shape index (κ1) is 7.17. The Hall–Kier alpha value is -1.50. The van der Waals surface area contributed by atoms with E-state index in [1.54, 1.807) is 0 Å². The van der Waals surface area contributed by atoms with Crippen LogP contribution < -0.4 is 4.74 Å². The lowest BCUT2D eigenvalue weighted by molar-refractivity contribution is 0.344. The Labute approximate surface area is 70.4 Å². The van der Waals surface area contributed by atoms with Crippen molar-refractivity contribution in [3.05, 3.63) is 11.4 Å². The second-order valence-corrected chi connectivity index (χ2v) is 2.76. The lowest BCUT2D eigenvalue weighted by Crippen LogP contribution is -2.00. The highest BCUT2D eigenvalue weighted by atomic mass is 16.5. The molecule has 1 aliphatic rings. The quantitative estimate of drug-likeness (QED) is 0.610. The van der Waals surface area contributed by atoms with Gasteiger partial charge in [0, 0.05) is 0 Å². The van der Waals surface area contributed by atoms with E-state index in [1.165, 1.54) is 0 Å². The van der Waals surface area contributed by atoms with Crippen LogP contribution in [0.4, 0.5) is 0 Å². The van der Waals surface area contributed by atoms with Gasteiger partial charge in [-0.15, -0.1) is 0 Å². The summed E-state index contributed by atoms with van der Waals surface area (Å²) in [5, 5.41) is 8.56. The van der Waals surface area contributed by atoms with Gasteiger partial charge >= 0.3 is 0 Å². The molecule has 1 aromatic rings. The van der Waals surface area contributed by atoms with E-state index in [4.69, 9.17) is 10.00 Å². The number of hydrogen-bond acceptors (Lipinski definition) is 3. The second kappa shape index (κ2) is 2.52. The minimum absolute atomic E-state index is 0.419. The lowest BCUT2D eigenvalue weighted by Gasteiger charge is -1.97. The molecule has 0 bridgehead atoms. The van der Waals surface area contributed by atoms with Crippen LogP contribution in [0, 0.1) is 18.3 Å². The Morgan fingerprint density at radius 1 is 1.75 bits per heavy atom. The number of aryl methyl sites for hydroxylation is 1. The summed E-state index contributed by atoms with van der Waals surface area (Å²) in [5.41, 5.74) is 1.90. The number of nitrogens with zero attached hydrogens (tertiary/aromatic N) is 3. The van der Waals surface area contributed by atoms with Crippen LogP contribution in [0.2, 0.25) is 0 Å². The molecule has 0 amide bonds. The zero-order chi connectivity index (χ0) is 8.55. The molecule has 2 heterocycles. The molecule has 12 heavy (non-hydrogen) atoms. The van der Waals surface area contributed by atoms with Gasteiger partial charge in [-0.3, -0.25) is 4.57 Å². The average Bonchev–Trinajstić information content (AvgIpc) is 2.56. The highest BCUT2D eigenvalue weighted by molar-refractivity contribution is 5.23. The molecular weight excluding hydrogens is 154 g/mol. The summed E-state index contributed by atoms with van der Waals surface area (Å²) < 4.78 is 7.22. The number of imidazole rings is 1. The van der Waals surface area contributed by atoms with Gasteiger partial charge in [0.05, 0.1) is 30.4 Å². The predicted octanol–water partition coefficient (Wildman–Crippen LogP) is 0.650. The number of fused-ring (bicyclic) bond motifs is 1. The highest BCUT2D eigenvalue weighted by Crippen LogP contribution is 2.21. The fourth-order valence-electron chi connectivity index (χ4n) is 1.45. The van der Waals surface area contributed by atoms with Crippen molar-refractivity contribution in [2.75, 3.05) is 6.61 Å². The van der Waals surface area contributed by atoms with Crippen molar-refractivity contribution in [2.45, 2.75) is 19.9 Å². The molecule has 62 valence electrons. The fourth-order valence-corrected chi connectivity index (χ4v) is 1.45. The number of hydrogen-bond donors (Lipinski definition) is 0. The summed E-state index contributed by atoms with van der Waals surface area (Å²) in [6.45, 7) is 3.41. The van der Waals surface area contributed by atoms with Gasteiger partial charge in [-0.25, -0.2) is 4.98 Å². The number of nitriles is 1. The van der Waals surface area contributed by atoms with E-state index in [0.29, 0.717) is 19.0 Å². The summed E-state index contributed by atoms with van der Waals surface area (Å²) >= 11 is 0. The topological polar surface area (TPSA) is 50.8 Å². The molecule has 0 unspecified atom stereocenters. The standard InChI is InChI=1S/C8H9N3O/c1-6-7(2-3-9)11-4-5-12-8(11)10-6/h2,4-5H2,1H3. The van der Waals surface area contributed by atoms with Crippen molar-refractivity contribution in [3.63, 3.8) is 0 Å². The molecular formula is C8H9N3O. The number of rotatable bonds is 1. The van der Waals surface area contributed by atoms with Crippen molar-refractivity contribution >= 4 is 0 Å². The van der Waals surface area contributed by atoms with Crippen LogP contribution >= 0.6 is 0 Å². The molecule has 0 saturated carbocycles. The van der Waals surface area contributed by atoms with Gasteiger partial charge < -0.3 is 4.74 Å². The Kier molecular flexibility index (Phi) is 1.51. The minimum Gasteiger partial charge on any atom is -0.463 e. The van der Waals surface area contributed by atoms with Crippen molar-refractivity contribution in [3.8, 4) is 12.1 Å². The molecule has 1 aliphatic heterocycles. The fraction of sp³-hybridized carbons (Fsp3) is 0.500. The van der Waals surface area contributed by atoms with Crippen molar-refractivity contribution in [1.29, 1.82) is 5.26 Å². The maximum absolute atomic E-state index is 8.56. The SMILES string of the molecule is Cc1nc2n(c1CC#N)CCO2. The van der Waals surface area contributed by atoms with Crippen molar-refractivity contribution in [1.82, 2.24) is 9.55 Å². The largest absolute Gasteiger partial charge is 0.463 e. The zero-order valence-electron chi connectivity index (χ0n) is 6.87. The summed E-state index contributed by atoms with van der Waals surface area (Å²) in [6, 6.07) is 2.79. The third-order valence-electron chi connectivity index (χ3n) is 2.03. The van der Waals surface area contributed by atoms with E-state index < -0.39 is 0 Å². The van der Waals surface area contributed by atoms with Crippen molar-refractivity contribution < 1.29 is 4.74 Å². The summed E-state index contributed by atoms with van der Waals surface area (Å²) in [7, 11) is 0.